The summed E-state index contributed by atoms with van der Waals surface area (Å²) in [6.45, 7) is 7.63. The fraction of sp³-hybridized carbons (Fsp3) is 0.571. The molecule has 1 saturated heterocycles. The van der Waals surface area contributed by atoms with Gasteiger partial charge in [0.2, 0.25) is 5.91 Å². The summed E-state index contributed by atoms with van der Waals surface area (Å²) in [6.07, 6.45) is 0. The summed E-state index contributed by atoms with van der Waals surface area (Å²) < 4.78 is 0. The highest BCUT2D eigenvalue weighted by atomic mass is 32.1. The molecule has 2 amide bonds. The second kappa shape index (κ2) is 6.37. The van der Waals surface area contributed by atoms with Crippen LogP contribution in [-0.2, 0) is 11.3 Å². The Labute approximate surface area is 123 Å². The van der Waals surface area contributed by atoms with Crippen molar-refractivity contribution in [3.05, 3.63) is 21.9 Å². The van der Waals surface area contributed by atoms with Crippen LogP contribution >= 0.6 is 11.3 Å². The molecule has 0 aliphatic carbocycles. The molecule has 0 aromatic carbocycles. The van der Waals surface area contributed by atoms with Crippen LogP contribution in [0.5, 0.6) is 0 Å². The number of nitrogens with one attached hydrogen (secondary N) is 2. The first-order valence-electron chi connectivity index (χ1n) is 6.84. The van der Waals surface area contributed by atoms with E-state index in [2.05, 4.69) is 24.5 Å². The minimum atomic E-state index is -0.0592. The van der Waals surface area contributed by atoms with Crippen molar-refractivity contribution in [1.82, 2.24) is 15.5 Å². The molecule has 1 aromatic rings. The van der Waals surface area contributed by atoms with Crippen LogP contribution in [0.3, 0.4) is 0 Å². The molecule has 1 fully saturated rings. The van der Waals surface area contributed by atoms with Crippen LogP contribution in [0.1, 0.15) is 35.3 Å². The van der Waals surface area contributed by atoms with Gasteiger partial charge in [-0.25, -0.2) is 0 Å². The monoisotopic (exact) mass is 295 g/mol. The van der Waals surface area contributed by atoms with Crippen LogP contribution in [0, 0.1) is 0 Å². The Morgan fingerprint density at radius 3 is 2.60 bits per heavy atom. The van der Waals surface area contributed by atoms with Gasteiger partial charge in [-0.15, -0.1) is 11.3 Å². The normalized spacial score (nSPS) is 22.6. The fourth-order valence-electron chi connectivity index (χ4n) is 2.45. The van der Waals surface area contributed by atoms with Crippen molar-refractivity contribution in [3.8, 4) is 0 Å². The van der Waals surface area contributed by atoms with Crippen molar-refractivity contribution < 1.29 is 9.59 Å². The van der Waals surface area contributed by atoms with Crippen LogP contribution in [0.15, 0.2) is 12.1 Å². The second-order valence-corrected chi connectivity index (χ2v) is 6.52. The quantitative estimate of drug-likeness (QED) is 0.881. The van der Waals surface area contributed by atoms with E-state index < -0.39 is 0 Å². The number of nitrogens with zero attached hydrogens (tertiary/aromatic N) is 1. The average Bonchev–Trinajstić information content (AvgIpc) is 2.83. The largest absolute Gasteiger partial charge is 0.351 e. The smallest absolute Gasteiger partial charge is 0.264 e. The molecule has 0 radical (unpaired) electrons. The molecule has 2 rings (SSSR count). The number of carbonyl (C=O) groups is 2. The van der Waals surface area contributed by atoms with E-state index >= 15 is 0 Å². The van der Waals surface area contributed by atoms with Gasteiger partial charge in [0.15, 0.2) is 0 Å². The van der Waals surface area contributed by atoms with Gasteiger partial charge in [-0.3, -0.25) is 9.59 Å². The van der Waals surface area contributed by atoms with E-state index in [1.165, 1.54) is 18.3 Å². The number of rotatable bonds is 3. The summed E-state index contributed by atoms with van der Waals surface area (Å²) in [6, 6.07) is 4.40. The Balaban J connectivity index is 2.00. The van der Waals surface area contributed by atoms with E-state index in [-0.39, 0.29) is 11.8 Å². The standard InChI is InChI=1S/C14H21N3O2S/c1-9-7-17(8-10(2)16-9)14(19)13-5-4-12(20-13)6-15-11(3)18/h4-5,9-10,16H,6-8H2,1-3H3,(H,15,18). The first kappa shape index (κ1) is 15.0. The highest BCUT2D eigenvalue weighted by molar-refractivity contribution is 7.14. The van der Waals surface area contributed by atoms with Gasteiger partial charge >= 0.3 is 0 Å². The van der Waals surface area contributed by atoms with Crippen molar-refractivity contribution >= 4 is 23.2 Å². The molecule has 0 bridgehead atoms. The van der Waals surface area contributed by atoms with Crippen molar-refractivity contribution in [2.24, 2.45) is 0 Å². The molecule has 1 aliphatic heterocycles. The molecule has 110 valence electrons. The van der Waals surface area contributed by atoms with E-state index in [0.29, 0.717) is 18.6 Å². The summed E-state index contributed by atoms with van der Waals surface area (Å²) >= 11 is 1.45. The zero-order chi connectivity index (χ0) is 14.7. The zero-order valence-electron chi connectivity index (χ0n) is 12.1. The maximum absolute atomic E-state index is 12.5. The first-order chi connectivity index (χ1) is 9.45. The first-order valence-corrected chi connectivity index (χ1v) is 7.66. The lowest BCUT2D eigenvalue weighted by atomic mass is 10.1. The molecule has 5 nitrogen and oxygen atoms in total. The van der Waals surface area contributed by atoms with Crippen molar-refractivity contribution in [2.75, 3.05) is 13.1 Å². The molecule has 20 heavy (non-hydrogen) atoms. The number of amides is 2. The highest BCUT2D eigenvalue weighted by Gasteiger charge is 2.26. The predicted molar refractivity (Wildman–Crippen MR) is 79.8 cm³/mol. The summed E-state index contributed by atoms with van der Waals surface area (Å²) in [5, 5.41) is 6.16. The van der Waals surface area contributed by atoms with Crippen molar-refractivity contribution in [3.63, 3.8) is 0 Å². The second-order valence-electron chi connectivity index (χ2n) is 5.35. The molecule has 0 saturated carbocycles. The summed E-state index contributed by atoms with van der Waals surface area (Å²) in [5.74, 6) is 0.0281. The van der Waals surface area contributed by atoms with Gasteiger partial charge in [0.05, 0.1) is 11.4 Å². The van der Waals surface area contributed by atoms with E-state index in [0.717, 1.165) is 22.8 Å². The van der Waals surface area contributed by atoms with Crippen LogP contribution in [-0.4, -0.2) is 41.9 Å². The third-order valence-electron chi connectivity index (χ3n) is 3.23. The number of piperazine rings is 1. The Morgan fingerprint density at radius 1 is 1.35 bits per heavy atom. The Kier molecular flexibility index (Phi) is 4.77. The van der Waals surface area contributed by atoms with Gasteiger partial charge in [0, 0.05) is 37.0 Å². The molecule has 2 heterocycles. The SMILES string of the molecule is CC(=O)NCc1ccc(C(=O)N2CC(C)NC(C)C2)s1. The van der Waals surface area contributed by atoms with Gasteiger partial charge in [-0.05, 0) is 26.0 Å². The summed E-state index contributed by atoms with van der Waals surface area (Å²) in [5.41, 5.74) is 0. The van der Waals surface area contributed by atoms with Gasteiger partial charge in [-0.1, -0.05) is 0 Å². The van der Waals surface area contributed by atoms with Gasteiger partial charge in [0.1, 0.15) is 0 Å². The number of hydrogen-bond donors (Lipinski definition) is 2. The lowest BCUT2D eigenvalue weighted by Gasteiger charge is -2.35. The Bertz CT molecular complexity index is 490. The third kappa shape index (κ3) is 3.80. The van der Waals surface area contributed by atoms with Crippen LogP contribution < -0.4 is 10.6 Å². The van der Waals surface area contributed by atoms with Crippen LogP contribution in [0.4, 0.5) is 0 Å². The molecule has 6 heteroatoms. The number of thiophene rings is 1. The van der Waals surface area contributed by atoms with Gasteiger partial charge in [-0.2, -0.15) is 0 Å². The molecule has 0 spiro atoms. The van der Waals surface area contributed by atoms with Crippen molar-refractivity contribution in [1.29, 1.82) is 0 Å². The summed E-state index contributed by atoms with van der Waals surface area (Å²) in [4.78, 5) is 27.0. The average molecular weight is 295 g/mol. The predicted octanol–water partition coefficient (Wildman–Crippen LogP) is 1.21. The maximum Gasteiger partial charge on any atom is 0.264 e. The number of carbonyl (C=O) groups excluding carboxylic acids is 2. The van der Waals surface area contributed by atoms with Crippen LogP contribution in [0.2, 0.25) is 0 Å². The topological polar surface area (TPSA) is 61.4 Å². The molecule has 2 atom stereocenters. The van der Waals surface area contributed by atoms with Gasteiger partial charge in [0.25, 0.3) is 5.91 Å². The maximum atomic E-state index is 12.5. The van der Waals surface area contributed by atoms with Crippen LogP contribution in [0.25, 0.3) is 0 Å². The molecule has 1 aliphatic rings. The minimum Gasteiger partial charge on any atom is -0.351 e. The van der Waals surface area contributed by atoms with E-state index in [4.69, 9.17) is 0 Å². The molecule has 2 unspecified atom stereocenters. The fourth-order valence-corrected chi connectivity index (χ4v) is 3.36. The highest BCUT2D eigenvalue weighted by Crippen LogP contribution is 2.19. The van der Waals surface area contributed by atoms with Gasteiger partial charge < -0.3 is 15.5 Å². The molecular weight excluding hydrogens is 274 g/mol. The van der Waals surface area contributed by atoms with E-state index in [9.17, 15) is 9.59 Å². The number of hydrogen-bond acceptors (Lipinski definition) is 4. The van der Waals surface area contributed by atoms with E-state index in [1.54, 1.807) is 0 Å². The molecule has 1 aromatic heterocycles. The lowest BCUT2D eigenvalue weighted by Crippen LogP contribution is -2.55. The van der Waals surface area contributed by atoms with Crippen molar-refractivity contribution in [2.45, 2.75) is 39.4 Å². The molecule has 2 N–H and O–H groups in total. The third-order valence-corrected chi connectivity index (χ3v) is 4.30. The lowest BCUT2D eigenvalue weighted by molar-refractivity contribution is -0.119. The molecular formula is C14H21N3O2S. The zero-order valence-corrected chi connectivity index (χ0v) is 12.9. The Morgan fingerprint density at radius 2 is 2.00 bits per heavy atom. The Hall–Kier alpha value is -1.40. The minimum absolute atomic E-state index is 0.0592. The summed E-state index contributed by atoms with van der Waals surface area (Å²) in [7, 11) is 0. The van der Waals surface area contributed by atoms with E-state index in [1.807, 2.05) is 17.0 Å².